The van der Waals surface area contributed by atoms with Gasteiger partial charge in [0.05, 0.1) is 19.3 Å². The van der Waals surface area contributed by atoms with Gasteiger partial charge >= 0.3 is 0 Å². The minimum atomic E-state index is -1.60. The quantitative estimate of drug-likeness (QED) is 0.290. The summed E-state index contributed by atoms with van der Waals surface area (Å²) in [6.07, 6.45) is -11.7. The minimum absolute atomic E-state index is 0.432. The lowest BCUT2D eigenvalue weighted by Gasteiger charge is -2.46. The van der Waals surface area contributed by atoms with Crippen LogP contribution in [0.3, 0.4) is 0 Å². The fourth-order valence-electron chi connectivity index (χ4n) is 3.03. The fourth-order valence-corrected chi connectivity index (χ4v) is 3.03. The van der Waals surface area contributed by atoms with Crippen molar-refractivity contribution < 1.29 is 49.6 Å². The monoisotopic (exact) mass is 354 g/mol. The molecule has 2 aliphatic rings. The van der Waals surface area contributed by atoms with Gasteiger partial charge in [0.15, 0.2) is 6.29 Å². The Morgan fingerprint density at radius 3 is 1.96 bits per heavy atom. The molecule has 10 heteroatoms. The molecular weight excluding hydrogens is 328 g/mol. The highest BCUT2D eigenvalue weighted by atomic mass is 16.7. The molecule has 0 aliphatic carbocycles. The molecule has 2 saturated heterocycles. The van der Waals surface area contributed by atoms with Crippen LogP contribution in [-0.2, 0) is 18.9 Å². The largest absolute Gasteiger partial charge is 0.394 e. The molecule has 0 amide bonds. The van der Waals surface area contributed by atoms with Crippen molar-refractivity contribution in [1.29, 1.82) is 0 Å². The number of aliphatic hydroxyl groups is 6. The first kappa shape index (κ1) is 19.9. The Labute approximate surface area is 139 Å². The van der Waals surface area contributed by atoms with Gasteiger partial charge in [0, 0.05) is 7.11 Å². The maximum absolute atomic E-state index is 10.2. The number of aliphatic hydroxyl groups excluding tert-OH is 6. The molecule has 0 spiro atoms. The van der Waals surface area contributed by atoms with Crippen LogP contribution in [0.1, 0.15) is 6.92 Å². The molecule has 24 heavy (non-hydrogen) atoms. The molecule has 10 atom stereocenters. The second-order valence-electron chi connectivity index (χ2n) is 6.05. The summed E-state index contributed by atoms with van der Waals surface area (Å²) < 4.78 is 21.6. The Bertz CT molecular complexity index is 394. The van der Waals surface area contributed by atoms with E-state index in [0.717, 1.165) is 0 Å². The first-order chi connectivity index (χ1) is 11.3. The van der Waals surface area contributed by atoms with Crippen LogP contribution in [0.4, 0.5) is 0 Å². The molecule has 2 rings (SSSR count). The van der Waals surface area contributed by atoms with Gasteiger partial charge in [-0.15, -0.1) is 0 Å². The molecule has 142 valence electrons. The number of ether oxygens (including phenoxy) is 4. The van der Waals surface area contributed by atoms with Gasteiger partial charge in [0.25, 0.3) is 0 Å². The summed E-state index contributed by atoms with van der Waals surface area (Å²) in [6.45, 7) is 0.588. The molecule has 5 unspecified atom stereocenters. The second-order valence-corrected chi connectivity index (χ2v) is 6.05. The normalized spacial score (nSPS) is 50.0. The zero-order valence-corrected chi connectivity index (χ0v) is 13.5. The van der Waals surface area contributed by atoms with Crippen molar-refractivity contribution in [2.45, 2.75) is 68.1 Å². The van der Waals surface area contributed by atoms with Gasteiger partial charge in [-0.1, -0.05) is 0 Å². The van der Waals surface area contributed by atoms with Crippen molar-refractivity contribution in [3.63, 3.8) is 0 Å². The standard InChI is InChI=1S/C14H26O10/c1-5-8(17)13(21-2)12(7(4-16)22-5)24-14-11(20)10(19)9(18)6(3-15)23-14/h5-20H,3-4H2,1-2H3/t5?,6?,7?,8?,9-,10-,11?,12-,13+,14+/m0/s1. The van der Waals surface area contributed by atoms with Crippen LogP contribution in [0.25, 0.3) is 0 Å². The van der Waals surface area contributed by atoms with Crippen molar-refractivity contribution >= 4 is 0 Å². The zero-order valence-electron chi connectivity index (χ0n) is 13.5. The predicted molar refractivity (Wildman–Crippen MR) is 76.9 cm³/mol. The summed E-state index contributed by atoms with van der Waals surface area (Å²) in [5, 5.41) is 58.5. The topological polar surface area (TPSA) is 158 Å². The SMILES string of the molecule is CO[C@@H]1C(O)C(C)OC(CO)[C@@H]1O[C@H]1OC(CO)[C@H](O)[C@H](O)C1O. The molecule has 2 heterocycles. The molecular formula is C14H26O10. The van der Waals surface area contributed by atoms with Gasteiger partial charge in [-0.3, -0.25) is 0 Å². The Morgan fingerprint density at radius 2 is 1.42 bits per heavy atom. The van der Waals surface area contributed by atoms with Crippen LogP contribution in [0.15, 0.2) is 0 Å². The maximum Gasteiger partial charge on any atom is 0.187 e. The zero-order chi connectivity index (χ0) is 18.0. The van der Waals surface area contributed by atoms with E-state index >= 15 is 0 Å². The van der Waals surface area contributed by atoms with Gasteiger partial charge < -0.3 is 49.6 Å². The molecule has 0 aromatic heterocycles. The third-order valence-electron chi connectivity index (χ3n) is 4.49. The summed E-state index contributed by atoms with van der Waals surface area (Å²) in [5.41, 5.74) is 0. The van der Waals surface area contributed by atoms with E-state index in [1.165, 1.54) is 7.11 Å². The molecule has 6 N–H and O–H groups in total. The average molecular weight is 354 g/mol. The van der Waals surface area contributed by atoms with E-state index in [4.69, 9.17) is 18.9 Å². The number of hydrogen-bond donors (Lipinski definition) is 6. The maximum atomic E-state index is 10.2. The lowest BCUT2D eigenvalue weighted by Crippen LogP contribution is -2.64. The Hall–Kier alpha value is -0.400. The highest BCUT2D eigenvalue weighted by Crippen LogP contribution is 2.30. The van der Waals surface area contributed by atoms with Crippen LogP contribution in [-0.4, -0.2) is 112 Å². The van der Waals surface area contributed by atoms with Crippen LogP contribution < -0.4 is 0 Å². The number of methoxy groups -OCH3 is 1. The first-order valence-electron chi connectivity index (χ1n) is 7.78. The van der Waals surface area contributed by atoms with Crippen molar-refractivity contribution in [3.05, 3.63) is 0 Å². The summed E-state index contributed by atoms with van der Waals surface area (Å²) in [5.74, 6) is 0. The van der Waals surface area contributed by atoms with Crippen molar-refractivity contribution in [3.8, 4) is 0 Å². The van der Waals surface area contributed by atoms with Gasteiger partial charge in [-0.25, -0.2) is 0 Å². The molecule has 0 aromatic rings. The lowest BCUT2D eigenvalue weighted by molar-refractivity contribution is -0.342. The third-order valence-corrected chi connectivity index (χ3v) is 4.49. The first-order valence-corrected chi connectivity index (χ1v) is 7.78. The molecule has 0 aromatic carbocycles. The van der Waals surface area contributed by atoms with Crippen LogP contribution in [0.5, 0.6) is 0 Å². The summed E-state index contributed by atoms with van der Waals surface area (Å²) >= 11 is 0. The highest BCUT2D eigenvalue weighted by molar-refractivity contribution is 4.95. The van der Waals surface area contributed by atoms with E-state index in [-0.39, 0.29) is 0 Å². The molecule has 0 bridgehead atoms. The van der Waals surface area contributed by atoms with Gasteiger partial charge in [-0.2, -0.15) is 0 Å². The Balaban J connectivity index is 2.16. The Morgan fingerprint density at radius 1 is 0.792 bits per heavy atom. The van der Waals surface area contributed by atoms with E-state index < -0.39 is 74.4 Å². The van der Waals surface area contributed by atoms with E-state index in [9.17, 15) is 30.6 Å². The van der Waals surface area contributed by atoms with Crippen LogP contribution in [0, 0.1) is 0 Å². The van der Waals surface area contributed by atoms with E-state index in [0.29, 0.717) is 0 Å². The molecule has 0 radical (unpaired) electrons. The van der Waals surface area contributed by atoms with E-state index in [1.807, 2.05) is 0 Å². The minimum Gasteiger partial charge on any atom is -0.394 e. The van der Waals surface area contributed by atoms with Crippen molar-refractivity contribution in [2.24, 2.45) is 0 Å². The van der Waals surface area contributed by atoms with E-state index in [1.54, 1.807) is 6.92 Å². The molecule has 2 fully saturated rings. The second kappa shape index (κ2) is 8.32. The highest BCUT2D eigenvalue weighted by Gasteiger charge is 2.50. The van der Waals surface area contributed by atoms with Crippen molar-refractivity contribution in [1.82, 2.24) is 0 Å². The van der Waals surface area contributed by atoms with Crippen LogP contribution in [0.2, 0.25) is 0 Å². The van der Waals surface area contributed by atoms with Crippen molar-refractivity contribution in [2.75, 3.05) is 20.3 Å². The third kappa shape index (κ3) is 3.73. The lowest BCUT2D eigenvalue weighted by atomic mass is 9.94. The number of rotatable bonds is 5. The summed E-state index contributed by atoms with van der Waals surface area (Å²) in [6, 6.07) is 0. The molecule has 0 saturated carbocycles. The summed E-state index contributed by atoms with van der Waals surface area (Å²) in [7, 11) is 1.35. The van der Waals surface area contributed by atoms with Crippen LogP contribution >= 0.6 is 0 Å². The molecule has 2 aliphatic heterocycles. The average Bonchev–Trinajstić information content (AvgIpc) is 2.58. The number of hydrogen-bond acceptors (Lipinski definition) is 10. The summed E-state index contributed by atoms with van der Waals surface area (Å²) in [4.78, 5) is 0. The fraction of sp³-hybridized carbons (Fsp3) is 1.00. The predicted octanol–water partition coefficient (Wildman–Crippen LogP) is -3.67. The molecule has 10 nitrogen and oxygen atoms in total. The van der Waals surface area contributed by atoms with E-state index in [2.05, 4.69) is 0 Å². The smallest absolute Gasteiger partial charge is 0.187 e. The van der Waals surface area contributed by atoms with Gasteiger partial charge in [0.2, 0.25) is 0 Å². The van der Waals surface area contributed by atoms with Gasteiger partial charge in [-0.05, 0) is 6.92 Å². The Kier molecular flexibility index (Phi) is 6.90. The van der Waals surface area contributed by atoms with Gasteiger partial charge in [0.1, 0.15) is 48.8 Å².